The highest BCUT2D eigenvalue weighted by Gasteiger charge is 2.22. The van der Waals surface area contributed by atoms with Gasteiger partial charge in [0, 0.05) is 25.2 Å². The average Bonchev–Trinajstić information content (AvgIpc) is 2.67. The number of carbonyl (C=O) groups is 1. The molecule has 1 aliphatic heterocycles. The van der Waals surface area contributed by atoms with Crippen LogP contribution >= 0.6 is 0 Å². The lowest BCUT2D eigenvalue weighted by atomic mass is 9.97. The number of hydrogen-bond acceptors (Lipinski definition) is 3. The molecule has 0 spiro atoms. The lowest BCUT2D eigenvalue weighted by Gasteiger charge is -2.23. The van der Waals surface area contributed by atoms with E-state index in [2.05, 4.69) is 24.3 Å². The molecule has 5 heteroatoms. The normalized spacial score (nSPS) is 22.5. The monoisotopic (exact) mass is 307 g/mol. The van der Waals surface area contributed by atoms with Crippen LogP contribution in [0.15, 0.2) is 4.52 Å². The van der Waals surface area contributed by atoms with Gasteiger partial charge in [0.1, 0.15) is 5.76 Å². The summed E-state index contributed by atoms with van der Waals surface area (Å²) in [6.45, 7) is 10.9. The number of hydrogen-bond donors (Lipinski definition) is 1. The number of likely N-dealkylation sites (tertiary alicyclic amines) is 1. The van der Waals surface area contributed by atoms with E-state index in [0.717, 1.165) is 43.8 Å². The summed E-state index contributed by atoms with van der Waals surface area (Å²) < 4.78 is 5.16. The zero-order valence-corrected chi connectivity index (χ0v) is 14.3. The maximum absolute atomic E-state index is 12.3. The molecule has 1 aliphatic rings. The zero-order chi connectivity index (χ0) is 16.1. The number of aryl methyl sites for hydroxylation is 2. The SMILES string of the molecule is Cc1noc(C)c1CCCNC(=O)N1CC[C@@H](C)C[C@@H](C)C1. The van der Waals surface area contributed by atoms with Crippen molar-refractivity contribution >= 4 is 6.03 Å². The van der Waals surface area contributed by atoms with E-state index in [1.165, 1.54) is 12.0 Å². The van der Waals surface area contributed by atoms with Gasteiger partial charge in [0.15, 0.2) is 0 Å². The average molecular weight is 307 g/mol. The molecule has 2 atom stereocenters. The van der Waals surface area contributed by atoms with Gasteiger partial charge < -0.3 is 14.7 Å². The molecule has 2 heterocycles. The van der Waals surface area contributed by atoms with Crippen molar-refractivity contribution in [3.63, 3.8) is 0 Å². The molecular formula is C17H29N3O2. The molecule has 0 saturated carbocycles. The highest BCUT2D eigenvalue weighted by Crippen LogP contribution is 2.21. The summed E-state index contributed by atoms with van der Waals surface area (Å²) in [7, 11) is 0. The van der Waals surface area contributed by atoms with Crippen molar-refractivity contribution < 1.29 is 9.32 Å². The molecule has 22 heavy (non-hydrogen) atoms. The van der Waals surface area contributed by atoms with Crippen molar-refractivity contribution in [1.82, 2.24) is 15.4 Å². The molecule has 1 fully saturated rings. The Morgan fingerprint density at radius 3 is 2.82 bits per heavy atom. The predicted octanol–water partition coefficient (Wildman–Crippen LogP) is 3.30. The van der Waals surface area contributed by atoms with Crippen LogP contribution in [0.5, 0.6) is 0 Å². The standard InChI is InChI=1S/C17H29N3O2/c1-12-7-9-20(11-13(2)10-12)17(21)18-8-5-6-16-14(3)19-22-15(16)4/h12-13H,5-11H2,1-4H3,(H,18,21)/t12-,13-/m1/s1. The van der Waals surface area contributed by atoms with E-state index in [1.54, 1.807) is 0 Å². The van der Waals surface area contributed by atoms with Gasteiger partial charge in [-0.2, -0.15) is 0 Å². The molecule has 1 saturated heterocycles. The fourth-order valence-electron chi connectivity index (χ4n) is 3.34. The summed E-state index contributed by atoms with van der Waals surface area (Å²) in [4.78, 5) is 14.3. The van der Waals surface area contributed by atoms with E-state index in [4.69, 9.17) is 4.52 Å². The number of nitrogens with zero attached hydrogens (tertiary/aromatic N) is 2. The Morgan fingerprint density at radius 2 is 2.14 bits per heavy atom. The third-order valence-corrected chi connectivity index (χ3v) is 4.58. The van der Waals surface area contributed by atoms with E-state index in [1.807, 2.05) is 18.7 Å². The quantitative estimate of drug-likeness (QED) is 0.868. The highest BCUT2D eigenvalue weighted by atomic mass is 16.5. The molecule has 0 aliphatic carbocycles. The van der Waals surface area contributed by atoms with Crippen molar-refractivity contribution in [2.24, 2.45) is 11.8 Å². The van der Waals surface area contributed by atoms with Crippen LogP contribution in [-0.4, -0.2) is 35.7 Å². The Hall–Kier alpha value is -1.52. The summed E-state index contributed by atoms with van der Waals surface area (Å²) in [6, 6.07) is 0.0831. The molecule has 0 unspecified atom stereocenters. The molecule has 2 rings (SSSR count). The summed E-state index contributed by atoms with van der Waals surface area (Å²) in [5.74, 6) is 2.19. The van der Waals surface area contributed by atoms with E-state index in [0.29, 0.717) is 18.4 Å². The number of aromatic nitrogens is 1. The first-order chi connectivity index (χ1) is 10.5. The Morgan fingerprint density at radius 1 is 1.36 bits per heavy atom. The second kappa shape index (κ2) is 7.65. The van der Waals surface area contributed by atoms with Crippen molar-refractivity contribution in [1.29, 1.82) is 0 Å². The topological polar surface area (TPSA) is 58.4 Å². The molecule has 0 aromatic carbocycles. The van der Waals surface area contributed by atoms with E-state index in [-0.39, 0.29) is 6.03 Å². The second-order valence-corrected chi connectivity index (χ2v) is 6.82. The molecule has 1 N–H and O–H groups in total. The van der Waals surface area contributed by atoms with Gasteiger partial charge >= 0.3 is 6.03 Å². The van der Waals surface area contributed by atoms with Crippen LogP contribution in [0.1, 0.15) is 50.1 Å². The second-order valence-electron chi connectivity index (χ2n) is 6.82. The van der Waals surface area contributed by atoms with Gasteiger partial charge in [-0.15, -0.1) is 0 Å². The third kappa shape index (κ3) is 4.49. The fraction of sp³-hybridized carbons (Fsp3) is 0.765. The zero-order valence-electron chi connectivity index (χ0n) is 14.3. The predicted molar refractivity (Wildman–Crippen MR) is 86.8 cm³/mol. The number of urea groups is 1. The van der Waals surface area contributed by atoms with Crippen molar-refractivity contribution in [2.45, 2.75) is 53.4 Å². The number of carbonyl (C=O) groups excluding carboxylic acids is 1. The van der Waals surface area contributed by atoms with Gasteiger partial charge in [0.05, 0.1) is 5.69 Å². The maximum Gasteiger partial charge on any atom is 0.317 e. The molecule has 1 aromatic heterocycles. The van der Waals surface area contributed by atoms with Crippen LogP contribution in [0, 0.1) is 25.7 Å². The van der Waals surface area contributed by atoms with Crippen LogP contribution in [0.4, 0.5) is 4.79 Å². The van der Waals surface area contributed by atoms with Gasteiger partial charge in [-0.25, -0.2) is 4.79 Å². The van der Waals surface area contributed by atoms with Gasteiger partial charge in [-0.1, -0.05) is 19.0 Å². The van der Waals surface area contributed by atoms with Gasteiger partial charge in [-0.3, -0.25) is 0 Å². The smallest absolute Gasteiger partial charge is 0.317 e. The maximum atomic E-state index is 12.3. The highest BCUT2D eigenvalue weighted by molar-refractivity contribution is 5.74. The lowest BCUT2D eigenvalue weighted by molar-refractivity contribution is 0.193. The Labute approximate surface area is 133 Å². The van der Waals surface area contributed by atoms with Crippen molar-refractivity contribution in [2.75, 3.05) is 19.6 Å². The summed E-state index contributed by atoms with van der Waals surface area (Å²) >= 11 is 0. The summed E-state index contributed by atoms with van der Waals surface area (Å²) in [6.07, 6.45) is 4.13. The van der Waals surface area contributed by atoms with E-state index in [9.17, 15) is 4.79 Å². The summed E-state index contributed by atoms with van der Waals surface area (Å²) in [5, 5.41) is 7.01. The third-order valence-electron chi connectivity index (χ3n) is 4.58. The van der Waals surface area contributed by atoms with Crippen LogP contribution in [0.25, 0.3) is 0 Å². The first-order valence-electron chi connectivity index (χ1n) is 8.42. The molecule has 124 valence electrons. The van der Waals surface area contributed by atoms with Crippen LogP contribution in [0.3, 0.4) is 0 Å². The first-order valence-corrected chi connectivity index (χ1v) is 8.42. The van der Waals surface area contributed by atoms with Crippen molar-refractivity contribution in [3.8, 4) is 0 Å². The van der Waals surface area contributed by atoms with Crippen LogP contribution in [0.2, 0.25) is 0 Å². The minimum Gasteiger partial charge on any atom is -0.361 e. The van der Waals surface area contributed by atoms with E-state index >= 15 is 0 Å². The molecule has 5 nitrogen and oxygen atoms in total. The number of rotatable bonds is 4. The Kier molecular flexibility index (Phi) is 5.86. The Balaban J connectivity index is 1.73. The fourth-order valence-corrected chi connectivity index (χ4v) is 3.34. The molecule has 1 aromatic rings. The molecule has 0 bridgehead atoms. The largest absolute Gasteiger partial charge is 0.361 e. The van der Waals surface area contributed by atoms with Crippen LogP contribution < -0.4 is 5.32 Å². The minimum atomic E-state index is 0.0831. The molecule has 0 radical (unpaired) electrons. The van der Waals surface area contributed by atoms with Crippen LogP contribution in [-0.2, 0) is 6.42 Å². The van der Waals surface area contributed by atoms with E-state index < -0.39 is 0 Å². The number of nitrogens with one attached hydrogen (secondary N) is 1. The lowest BCUT2D eigenvalue weighted by Crippen LogP contribution is -2.42. The summed E-state index contributed by atoms with van der Waals surface area (Å²) in [5.41, 5.74) is 2.13. The number of amides is 2. The van der Waals surface area contributed by atoms with Crippen molar-refractivity contribution in [3.05, 3.63) is 17.0 Å². The Bertz CT molecular complexity index is 479. The molecular weight excluding hydrogens is 278 g/mol. The minimum absolute atomic E-state index is 0.0831. The van der Waals surface area contributed by atoms with Gasteiger partial charge in [0.2, 0.25) is 0 Å². The van der Waals surface area contributed by atoms with Gasteiger partial charge in [0.25, 0.3) is 0 Å². The van der Waals surface area contributed by atoms with Gasteiger partial charge in [-0.05, 0) is 51.4 Å². The molecule has 2 amide bonds. The first kappa shape index (κ1) is 16.8.